The van der Waals surface area contributed by atoms with E-state index in [2.05, 4.69) is 15.0 Å². The third kappa shape index (κ3) is 4.19. The maximum atomic E-state index is 12.0. The minimum atomic E-state index is -4.49. The molecule has 2 aromatic rings. The third-order valence-corrected chi connectivity index (χ3v) is 6.18. The number of carbonyl (C=O) groups excluding carboxylic acids is 1. The molecule has 2 aliphatic heterocycles. The number of aromatic nitrogens is 4. The average molecular weight is 457 g/mol. The van der Waals surface area contributed by atoms with Gasteiger partial charge in [0.05, 0.1) is 12.6 Å². The average Bonchev–Trinajstić information content (AvgIpc) is 3.21. The van der Waals surface area contributed by atoms with Crippen molar-refractivity contribution in [1.29, 1.82) is 0 Å². The molecule has 0 radical (unpaired) electrons. The monoisotopic (exact) mass is 457 g/mol. The van der Waals surface area contributed by atoms with Crippen LogP contribution in [0.15, 0.2) is 6.33 Å². The first-order chi connectivity index (χ1) is 14.7. The Balaban J connectivity index is 1.74. The maximum absolute atomic E-state index is 12.0. The zero-order valence-electron chi connectivity index (χ0n) is 16.3. The number of anilines is 1. The molecule has 0 spiro atoms. The molecule has 1 amide bonds. The van der Waals surface area contributed by atoms with Crippen molar-refractivity contribution in [2.45, 2.75) is 56.3 Å². The Kier molecular flexibility index (Phi) is 5.80. The second-order valence-corrected chi connectivity index (χ2v) is 8.78. The van der Waals surface area contributed by atoms with Crippen LogP contribution in [0.4, 0.5) is 5.82 Å². The van der Waals surface area contributed by atoms with Crippen LogP contribution in [0.1, 0.15) is 31.3 Å². The van der Waals surface area contributed by atoms with E-state index in [-0.39, 0.29) is 12.2 Å². The molecule has 2 bridgehead atoms. The fourth-order valence-corrected chi connectivity index (χ4v) is 4.43. The van der Waals surface area contributed by atoms with Gasteiger partial charge in [-0.2, -0.15) is 8.42 Å². The summed E-state index contributed by atoms with van der Waals surface area (Å²) < 4.78 is 37.8. The van der Waals surface area contributed by atoms with E-state index in [9.17, 15) is 23.4 Å². The summed E-state index contributed by atoms with van der Waals surface area (Å²) in [7, 11) is -4.49. The van der Waals surface area contributed by atoms with Crippen LogP contribution < -0.4 is 16.2 Å². The Morgan fingerprint density at radius 2 is 2.00 bits per heavy atom. The van der Waals surface area contributed by atoms with Crippen LogP contribution in [0.3, 0.4) is 0 Å². The van der Waals surface area contributed by atoms with Gasteiger partial charge in [-0.15, -0.1) is 0 Å². The fourth-order valence-electron chi connectivity index (χ4n) is 3.66. The lowest BCUT2D eigenvalue weighted by Gasteiger charge is -2.19. The number of nitrogens with one attached hydrogen (secondary N) is 1. The van der Waals surface area contributed by atoms with Crippen molar-refractivity contribution in [3.63, 3.8) is 0 Å². The normalized spacial score (nSPS) is 32.1. The first kappa shape index (κ1) is 21.8. The van der Waals surface area contributed by atoms with Gasteiger partial charge in [-0.05, 0) is 12.8 Å². The van der Waals surface area contributed by atoms with Gasteiger partial charge in [0, 0.05) is 6.42 Å². The summed E-state index contributed by atoms with van der Waals surface area (Å²) in [4.78, 5) is 24.6. The molecule has 4 heterocycles. The standard InChI is InChI=1S/C16H23N7O7S/c17-7-3-1-2-4-9-21-10-13(18)19-6-20-14(10)23(9)16-12(25)11(24)8(30-16)5-29-31(27,28)22-15(7)26/h6-8,11-12,16,24-25H,1-5,17H2,(H,22,26)(H2,18,19,20)/t7-,8-,11-,12-,16-/m1/s1. The van der Waals surface area contributed by atoms with Gasteiger partial charge >= 0.3 is 10.3 Å². The van der Waals surface area contributed by atoms with Gasteiger partial charge in [0.1, 0.15) is 30.5 Å². The smallest absolute Gasteiger partial charge is 0.362 e. The molecule has 0 saturated carbocycles. The van der Waals surface area contributed by atoms with Crippen LogP contribution >= 0.6 is 0 Å². The molecule has 0 aliphatic carbocycles. The number of nitrogen functional groups attached to an aromatic ring is 1. The lowest BCUT2D eigenvalue weighted by atomic mass is 10.1. The zero-order chi connectivity index (χ0) is 22.3. The number of aliphatic hydroxyl groups is 2. The summed E-state index contributed by atoms with van der Waals surface area (Å²) in [5, 5.41) is 21.0. The number of amides is 1. The van der Waals surface area contributed by atoms with E-state index in [4.69, 9.17) is 20.4 Å². The molecule has 5 atom stereocenters. The summed E-state index contributed by atoms with van der Waals surface area (Å²) in [6.07, 6.45) is -2.36. The number of nitrogens with two attached hydrogens (primary N) is 2. The number of hydrogen-bond donors (Lipinski definition) is 5. The molecule has 31 heavy (non-hydrogen) atoms. The molecular weight excluding hydrogens is 434 g/mol. The number of nitrogens with zero attached hydrogens (tertiary/aromatic N) is 4. The summed E-state index contributed by atoms with van der Waals surface area (Å²) in [5.74, 6) is -0.298. The Morgan fingerprint density at radius 3 is 2.77 bits per heavy atom. The molecule has 1 fully saturated rings. The minimum Gasteiger partial charge on any atom is -0.387 e. The maximum Gasteiger partial charge on any atom is 0.362 e. The highest BCUT2D eigenvalue weighted by molar-refractivity contribution is 7.85. The quantitative estimate of drug-likeness (QED) is 0.276. The van der Waals surface area contributed by atoms with Crippen molar-refractivity contribution >= 4 is 33.2 Å². The van der Waals surface area contributed by atoms with Crippen LogP contribution in [0.5, 0.6) is 0 Å². The number of aryl methyl sites for hydroxylation is 1. The van der Waals surface area contributed by atoms with Gasteiger partial charge in [-0.3, -0.25) is 13.5 Å². The van der Waals surface area contributed by atoms with Crippen LogP contribution in [0.2, 0.25) is 0 Å². The fraction of sp³-hybridized carbons (Fsp3) is 0.625. The van der Waals surface area contributed by atoms with Crippen LogP contribution in [0.25, 0.3) is 11.2 Å². The van der Waals surface area contributed by atoms with Crippen molar-refractivity contribution in [3.05, 3.63) is 12.2 Å². The van der Waals surface area contributed by atoms with Gasteiger partial charge in [-0.1, -0.05) is 6.42 Å². The SMILES string of the molecule is Nc1ncnc2c1nc1n2[C@@H]2O[C@H](COS(=O)(=O)NC(=O)[C@H](N)CCCC1)[C@@H](O)[C@H]2O. The number of imidazole rings is 1. The van der Waals surface area contributed by atoms with Crippen LogP contribution in [0, 0.1) is 0 Å². The summed E-state index contributed by atoms with van der Waals surface area (Å²) in [5.41, 5.74) is 12.3. The van der Waals surface area contributed by atoms with E-state index < -0.39 is 53.4 Å². The topological polar surface area (TPSA) is 218 Å². The molecule has 0 unspecified atom stereocenters. The zero-order valence-corrected chi connectivity index (χ0v) is 17.1. The van der Waals surface area contributed by atoms with E-state index in [0.717, 1.165) is 0 Å². The Morgan fingerprint density at radius 1 is 1.23 bits per heavy atom. The number of ether oxygens (including phenoxy) is 1. The van der Waals surface area contributed by atoms with Crippen LogP contribution in [-0.2, 0) is 30.4 Å². The minimum absolute atomic E-state index is 0.136. The molecular formula is C16H23N7O7S. The van der Waals surface area contributed by atoms with Gasteiger partial charge in [0.25, 0.3) is 5.91 Å². The summed E-state index contributed by atoms with van der Waals surface area (Å²) in [6, 6.07) is -1.05. The summed E-state index contributed by atoms with van der Waals surface area (Å²) >= 11 is 0. The molecule has 0 aromatic carbocycles. The highest BCUT2D eigenvalue weighted by Crippen LogP contribution is 2.34. The van der Waals surface area contributed by atoms with E-state index in [1.807, 2.05) is 0 Å². The Labute approximate surface area is 176 Å². The van der Waals surface area contributed by atoms with Gasteiger partial charge < -0.3 is 26.4 Å². The van der Waals surface area contributed by atoms with Crippen molar-refractivity contribution in [2.24, 2.45) is 5.73 Å². The van der Waals surface area contributed by atoms with Crippen molar-refractivity contribution in [2.75, 3.05) is 12.3 Å². The Bertz CT molecular complexity index is 1090. The highest BCUT2D eigenvalue weighted by Gasteiger charge is 2.46. The van der Waals surface area contributed by atoms with E-state index in [1.54, 1.807) is 4.72 Å². The molecule has 2 aliphatic rings. The molecule has 1 saturated heterocycles. The van der Waals surface area contributed by atoms with Crippen molar-refractivity contribution in [3.8, 4) is 0 Å². The first-order valence-electron chi connectivity index (χ1n) is 9.63. The van der Waals surface area contributed by atoms with Crippen LogP contribution in [-0.4, -0.2) is 75.0 Å². The second-order valence-electron chi connectivity index (χ2n) is 7.43. The number of aliphatic hydroxyl groups excluding tert-OH is 2. The molecule has 2 aromatic heterocycles. The predicted octanol–water partition coefficient (Wildman–Crippen LogP) is -2.54. The molecule has 4 rings (SSSR count). The predicted molar refractivity (Wildman–Crippen MR) is 104 cm³/mol. The van der Waals surface area contributed by atoms with Gasteiger partial charge in [0.2, 0.25) is 0 Å². The number of hydrogen-bond acceptors (Lipinski definition) is 12. The third-order valence-electron chi connectivity index (χ3n) is 5.29. The largest absolute Gasteiger partial charge is 0.387 e. The van der Waals surface area contributed by atoms with Crippen molar-refractivity contribution < 1.29 is 32.3 Å². The molecule has 15 heteroatoms. The lowest BCUT2D eigenvalue weighted by Crippen LogP contribution is -2.45. The Hall–Kier alpha value is -2.43. The van der Waals surface area contributed by atoms with E-state index >= 15 is 0 Å². The molecule has 7 N–H and O–H groups in total. The summed E-state index contributed by atoms with van der Waals surface area (Å²) in [6.45, 7) is -0.647. The van der Waals surface area contributed by atoms with Crippen molar-refractivity contribution in [1.82, 2.24) is 24.2 Å². The van der Waals surface area contributed by atoms with Gasteiger partial charge in [-0.25, -0.2) is 19.7 Å². The molecule has 170 valence electrons. The first-order valence-corrected chi connectivity index (χ1v) is 11.0. The van der Waals surface area contributed by atoms with E-state index in [0.29, 0.717) is 36.3 Å². The highest BCUT2D eigenvalue weighted by atomic mass is 32.2. The number of fused-ring (bicyclic) bond motifs is 6. The second kappa shape index (κ2) is 8.25. The lowest BCUT2D eigenvalue weighted by molar-refractivity contribution is -0.120. The van der Waals surface area contributed by atoms with E-state index in [1.165, 1.54) is 10.9 Å². The number of carbonyl (C=O) groups is 1. The number of rotatable bonds is 0. The van der Waals surface area contributed by atoms with Gasteiger partial charge in [0.15, 0.2) is 23.2 Å². The molecule has 14 nitrogen and oxygen atoms in total.